The van der Waals surface area contributed by atoms with Gasteiger partial charge >= 0.3 is 0 Å². The van der Waals surface area contributed by atoms with E-state index in [0.29, 0.717) is 11.8 Å². The van der Waals surface area contributed by atoms with Crippen molar-refractivity contribution < 1.29 is 23.5 Å². The van der Waals surface area contributed by atoms with E-state index in [1.54, 1.807) is 12.3 Å². The summed E-state index contributed by atoms with van der Waals surface area (Å²) in [6, 6.07) is 11.1. The number of hydrogen-bond donors (Lipinski definition) is 3. The molecule has 0 saturated heterocycles. The summed E-state index contributed by atoms with van der Waals surface area (Å²) in [6.45, 7) is 1.41. The third-order valence-electron chi connectivity index (χ3n) is 6.06. The fraction of sp³-hybridized carbons (Fsp3) is 0.429. The molecule has 162 valence electrons. The monoisotopic (exact) mass is 434 g/mol. The second-order valence-corrected chi connectivity index (χ2v) is 10.5. The molecule has 1 amide bonds. The molecule has 0 spiro atoms. The van der Waals surface area contributed by atoms with E-state index in [-0.39, 0.29) is 25.1 Å². The Labute approximate surface area is 175 Å². The van der Waals surface area contributed by atoms with Crippen molar-refractivity contribution in [3.8, 4) is 11.1 Å². The van der Waals surface area contributed by atoms with E-state index in [9.17, 15) is 23.1 Å². The topological polar surface area (TPSA) is 126 Å². The molecule has 0 radical (unpaired) electrons. The lowest BCUT2D eigenvalue weighted by atomic mass is 10.0. The van der Waals surface area contributed by atoms with Gasteiger partial charge < -0.3 is 9.67 Å². The van der Waals surface area contributed by atoms with Crippen LogP contribution in [-0.4, -0.2) is 46.8 Å². The zero-order chi connectivity index (χ0) is 22.1. The average molecular weight is 435 g/mol. The molecule has 2 unspecified atom stereocenters. The summed E-state index contributed by atoms with van der Waals surface area (Å²) in [6.07, 6.45) is 3.31. The Kier molecular flexibility index (Phi) is 6.16. The Morgan fingerprint density at radius 1 is 1.23 bits per heavy atom. The Bertz CT molecular complexity index is 1090. The predicted octanol–water partition coefficient (Wildman–Crippen LogP) is 1.31. The van der Waals surface area contributed by atoms with Crippen molar-refractivity contribution in [3.05, 3.63) is 58.5 Å². The standard InChI is InChI=1S/C21H26N2O6S/c1-21(20(26)22-27,30(2,28)29)8-10-23-9-7-16(12-19(23)25)14-3-5-15(6-4-14)18-11-17(18)13-24/h3-7,9,12,17-18,24,27H,8,10-11,13H2,1-2H3,(H,22,26)/t17-,18?,21?/m1/s1. The van der Waals surface area contributed by atoms with Crippen molar-refractivity contribution in [1.82, 2.24) is 10.0 Å². The van der Waals surface area contributed by atoms with Gasteiger partial charge in [0.05, 0.1) is 0 Å². The van der Waals surface area contributed by atoms with Crippen LogP contribution in [0.3, 0.4) is 0 Å². The highest BCUT2D eigenvalue weighted by molar-refractivity contribution is 7.92. The maximum Gasteiger partial charge on any atom is 0.264 e. The Balaban J connectivity index is 1.75. The van der Waals surface area contributed by atoms with Gasteiger partial charge in [-0.15, -0.1) is 0 Å². The number of carbonyl (C=O) groups excluding carboxylic acids is 1. The van der Waals surface area contributed by atoms with Gasteiger partial charge in [-0.25, -0.2) is 13.9 Å². The van der Waals surface area contributed by atoms with E-state index in [1.807, 2.05) is 24.3 Å². The molecule has 3 N–H and O–H groups in total. The molecule has 0 aliphatic heterocycles. The summed E-state index contributed by atoms with van der Waals surface area (Å²) in [5.41, 5.74) is 3.86. The fourth-order valence-electron chi connectivity index (χ4n) is 3.57. The lowest BCUT2D eigenvalue weighted by molar-refractivity contribution is -0.131. The molecule has 8 nitrogen and oxygen atoms in total. The van der Waals surface area contributed by atoms with Crippen LogP contribution in [0, 0.1) is 5.92 Å². The number of rotatable bonds is 8. The van der Waals surface area contributed by atoms with Crippen molar-refractivity contribution >= 4 is 15.7 Å². The van der Waals surface area contributed by atoms with Gasteiger partial charge in [0, 0.05) is 31.7 Å². The molecular weight excluding hydrogens is 408 g/mol. The van der Waals surface area contributed by atoms with Crippen LogP contribution in [0.5, 0.6) is 0 Å². The largest absolute Gasteiger partial charge is 0.396 e. The van der Waals surface area contributed by atoms with Gasteiger partial charge in [-0.3, -0.25) is 14.8 Å². The SMILES string of the molecule is CC(CCn1ccc(-c2ccc(C3C[C@@H]3CO)cc2)cc1=O)(C(=O)NO)S(C)(=O)=O. The van der Waals surface area contributed by atoms with Crippen LogP contribution in [0.1, 0.15) is 31.2 Å². The van der Waals surface area contributed by atoms with E-state index >= 15 is 0 Å². The van der Waals surface area contributed by atoms with Crippen molar-refractivity contribution in [1.29, 1.82) is 0 Å². The number of nitrogens with zero attached hydrogens (tertiary/aromatic N) is 1. The van der Waals surface area contributed by atoms with Gasteiger partial charge in [-0.1, -0.05) is 24.3 Å². The smallest absolute Gasteiger partial charge is 0.264 e. The highest BCUT2D eigenvalue weighted by Crippen LogP contribution is 2.47. The van der Waals surface area contributed by atoms with Crippen LogP contribution in [0.4, 0.5) is 0 Å². The number of hydroxylamine groups is 1. The fourth-order valence-corrected chi connectivity index (χ4v) is 4.42. The summed E-state index contributed by atoms with van der Waals surface area (Å²) >= 11 is 0. The van der Waals surface area contributed by atoms with E-state index < -0.39 is 20.5 Å². The van der Waals surface area contributed by atoms with Crippen LogP contribution in [0.2, 0.25) is 0 Å². The minimum Gasteiger partial charge on any atom is -0.396 e. The van der Waals surface area contributed by atoms with Gasteiger partial charge in [-0.2, -0.15) is 0 Å². The molecule has 3 atom stereocenters. The number of aliphatic hydroxyl groups excluding tert-OH is 1. The summed E-state index contributed by atoms with van der Waals surface area (Å²) in [7, 11) is -3.83. The first kappa shape index (κ1) is 22.2. The highest BCUT2D eigenvalue weighted by atomic mass is 32.2. The lowest BCUT2D eigenvalue weighted by Gasteiger charge is -2.25. The summed E-state index contributed by atoms with van der Waals surface area (Å²) < 4.78 is 23.6. The van der Waals surface area contributed by atoms with Gasteiger partial charge in [0.2, 0.25) is 0 Å². The van der Waals surface area contributed by atoms with Crippen molar-refractivity contribution in [3.63, 3.8) is 0 Å². The average Bonchev–Trinajstić information content (AvgIpc) is 3.51. The number of benzene rings is 1. The number of amides is 1. The number of sulfone groups is 1. The molecule has 30 heavy (non-hydrogen) atoms. The Morgan fingerprint density at radius 3 is 2.40 bits per heavy atom. The Morgan fingerprint density at radius 2 is 1.90 bits per heavy atom. The third-order valence-corrected chi connectivity index (χ3v) is 8.08. The molecule has 0 bridgehead atoms. The number of nitrogens with one attached hydrogen (secondary N) is 1. The number of pyridine rings is 1. The summed E-state index contributed by atoms with van der Waals surface area (Å²) in [4.78, 5) is 24.4. The number of aryl methyl sites for hydroxylation is 1. The van der Waals surface area contributed by atoms with Gasteiger partial charge in [0.1, 0.15) is 0 Å². The van der Waals surface area contributed by atoms with Crippen LogP contribution in [-0.2, 0) is 21.2 Å². The zero-order valence-electron chi connectivity index (χ0n) is 16.9. The Hall–Kier alpha value is -2.49. The first-order chi connectivity index (χ1) is 14.1. The van der Waals surface area contributed by atoms with Crippen molar-refractivity contribution in [2.75, 3.05) is 12.9 Å². The van der Waals surface area contributed by atoms with Crippen molar-refractivity contribution in [2.24, 2.45) is 5.92 Å². The molecule has 1 saturated carbocycles. The van der Waals surface area contributed by atoms with Crippen molar-refractivity contribution in [2.45, 2.75) is 37.0 Å². The van der Waals surface area contributed by atoms with E-state index in [4.69, 9.17) is 5.21 Å². The van der Waals surface area contributed by atoms with Gasteiger partial charge in [0.25, 0.3) is 11.5 Å². The third kappa shape index (κ3) is 4.33. The van der Waals surface area contributed by atoms with E-state index in [0.717, 1.165) is 23.8 Å². The number of aromatic nitrogens is 1. The predicted molar refractivity (Wildman–Crippen MR) is 112 cm³/mol. The molecule has 1 aromatic carbocycles. The number of aliphatic hydroxyl groups is 1. The van der Waals surface area contributed by atoms with Crippen LogP contribution < -0.4 is 11.0 Å². The maximum absolute atomic E-state index is 12.5. The van der Waals surface area contributed by atoms with Crippen LogP contribution >= 0.6 is 0 Å². The van der Waals surface area contributed by atoms with Crippen LogP contribution in [0.15, 0.2) is 47.4 Å². The molecule has 1 aliphatic carbocycles. The lowest BCUT2D eigenvalue weighted by Crippen LogP contribution is -2.49. The molecule has 9 heteroatoms. The minimum atomic E-state index is -3.83. The highest BCUT2D eigenvalue weighted by Gasteiger charge is 2.43. The minimum absolute atomic E-state index is 0.000725. The van der Waals surface area contributed by atoms with E-state index in [1.165, 1.54) is 28.6 Å². The molecule has 1 heterocycles. The van der Waals surface area contributed by atoms with Crippen LogP contribution in [0.25, 0.3) is 11.1 Å². The zero-order valence-corrected chi connectivity index (χ0v) is 17.7. The van der Waals surface area contributed by atoms with Gasteiger partial charge in [0.15, 0.2) is 14.6 Å². The summed E-state index contributed by atoms with van der Waals surface area (Å²) in [5, 5.41) is 18.1. The van der Waals surface area contributed by atoms with E-state index in [2.05, 4.69) is 0 Å². The first-order valence-corrected chi connectivity index (χ1v) is 11.6. The second-order valence-electron chi connectivity index (χ2n) is 8.05. The second kappa shape index (κ2) is 8.33. The molecule has 3 rings (SSSR count). The molecule has 1 fully saturated rings. The number of carbonyl (C=O) groups is 1. The maximum atomic E-state index is 12.5. The van der Waals surface area contributed by atoms with Gasteiger partial charge in [-0.05, 0) is 54.4 Å². The molecule has 1 aliphatic rings. The normalized spacial score (nSPS) is 20.4. The quantitative estimate of drug-likeness (QED) is 0.425. The molecular formula is C21H26N2O6S. The summed E-state index contributed by atoms with van der Waals surface area (Å²) in [5.74, 6) is -0.295. The molecule has 1 aromatic heterocycles. The molecule has 2 aromatic rings. The number of hydrogen-bond acceptors (Lipinski definition) is 6. The first-order valence-electron chi connectivity index (χ1n) is 9.66.